The first-order valence-corrected chi connectivity index (χ1v) is 5.62. The molecule has 1 aromatic carbocycles. The topological polar surface area (TPSA) is 46.1 Å². The lowest BCUT2D eigenvalue weighted by Gasteiger charge is -2.09. The minimum Gasteiger partial charge on any atom is -0.487 e. The van der Waals surface area contributed by atoms with E-state index < -0.39 is 0 Å². The van der Waals surface area contributed by atoms with Crippen LogP contribution in [0.25, 0.3) is 0 Å². The highest BCUT2D eigenvalue weighted by atomic mass is 16.5. The van der Waals surface area contributed by atoms with E-state index in [0.717, 1.165) is 25.3 Å². The molecule has 0 saturated heterocycles. The number of quaternary nitrogens is 1. The fraction of sp³-hybridized carbons (Fsp3) is 0.385. The molecule has 3 N–H and O–H groups in total. The minimum atomic E-state index is 0.215. The van der Waals surface area contributed by atoms with E-state index >= 15 is 0 Å². The van der Waals surface area contributed by atoms with Crippen LogP contribution in [0.3, 0.4) is 0 Å². The molecular formula is C13H20NO2+. The van der Waals surface area contributed by atoms with Gasteiger partial charge in [-0.25, -0.2) is 0 Å². The summed E-state index contributed by atoms with van der Waals surface area (Å²) in [5, 5.41) is 10.7. The molecule has 0 saturated carbocycles. The van der Waals surface area contributed by atoms with Gasteiger partial charge in [-0.15, -0.1) is 6.58 Å². The van der Waals surface area contributed by atoms with Crippen molar-refractivity contribution < 1.29 is 15.2 Å². The van der Waals surface area contributed by atoms with Gasteiger partial charge in [-0.2, -0.15) is 0 Å². The summed E-state index contributed by atoms with van der Waals surface area (Å²) in [7, 11) is 0. The van der Waals surface area contributed by atoms with Gasteiger partial charge in [-0.1, -0.05) is 24.3 Å². The number of ether oxygens (including phenoxy) is 1. The molecule has 1 aromatic rings. The standard InChI is InChI=1S/C13H19NO2/c1-2-5-12-6-3-4-7-13(12)16-11-9-14-8-10-15/h2-4,6-7,14-15H,1,5,8-11H2/p+1. The van der Waals surface area contributed by atoms with Gasteiger partial charge >= 0.3 is 0 Å². The number of hydrogen-bond acceptors (Lipinski definition) is 2. The Kier molecular flexibility index (Phi) is 6.30. The quantitative estimate of drug-likeness (QED) is 0.492. The molecule has 16 heavy (non-hydrogen) atoms. The summed E-state index contributed by atoms with van der Waals surface area (Å²) < 4.78 is 5.68. The second-order valence-corrected chi connectivity index (χ2v) is 3.54. The highest BCUT2D eigenvalue weighted by Gasteiger charge is 2.00. The summed E-state index contributed by atoms with van der Waals surface area (Å²) in [5.41, 5.74) is 1.17. The number of para-hydroxylation sites is 1. The molecule has 0 fully saturated rings. The molecule has 0 bridgehead atoms. The Morgan fingerprint density at radius 2 is 2.12 bits per heavy atom. The Bertz CT molecular complexity index is 313. The molecule has 0 atom stereocenters. The summed E-state index contributed by atoms with van der Waals surface area (Å²) in [6, 6.07) is 8.00. The molecule has 0 aliphatic carbocycles. The predicted octanol–water partition coefficient (Wildman–Crippen LogP) is 0.350. The zero-order valence-corrected chi connectivity index (χ0v) is 9.56. The van der Waals surface area contributed by atoms with Crippen molar-refractivity contribution in [1.82, 2.24) is 0 Å². The Morgan fingerprint density at radius 3 is 2.88 bits per heavy atom. The van der Waals surface area contributed by atoms with Crippen LogP contribution in [-0.2, 0) is 6.42 Å². The molecule has 0 aromatic heterocycles. The molecule has 1 rings (SSSR count). The van der Waals surface area contributed by atoms with Crippen LogP contribution in [0.5, 0.6) is 5.75 Å². The van der Waals surface area contributed by atoms with Crippen molar-refractivity contribution in [2.45, 2.75) is 6.42 Å². The van der Waals surface area contributed by atoms with Gasteiger partial charge < -0.3 is 15.2 Å². The van der Waals surface area contributed by atoms with Gasteiger partial charge in [0.1, 0.15) is 18.9 Å². The molecule has 0 amide bonds. The first-order valence-electron chi connectivity index (χ1n) is 5.62. The average Bonchev–Trinajstić information content (AvgIpc) is 2.31. The number of nitrogens with two attached hydrogens (primary N) is 1. The monoisotopic (exact) mass is 222 g/mol. The van der Waals surface area contributed by atoms with Gasteiger partial charge in [0.25, 0.3) is 0 Å². The lowest BCUT2D eigenvalue weighted by atomic mass is 10.1. The van der Waals surface area contributed by atoms with E-state index in [1.54, 1.807) is 0 Å². The van der Waals surface area contributed by atoms with Gasteiger partial charge in [-0.05, 0) is 18.1 Å². The van der Waals surface area contributed by atoms with Crippen LogP contribution in [0.2, 0.25) is 0 Å². The van der Waals surface area contributed by atoms with Gasteiger partial charge in [0.15, 0.2) is 0 Å². The second-order valence-electron chi connectivity index (χ2n) is 3.54. The Balaban J connectivity index is 2.37. The summed E-state index contributed by atoms with van der Waals surface area (Å²) in [6.45, 7) is 6.20. The third-order valence-electron chi connectivity index (χ3n) is 2.25. The largest absolute Gasteiger partial charge is 0.487 e. The van der Waals surface area contributed by atoms with Crippen LogP contribution < -0.4 is 10.1 Å². The fourth-order valence-electron chi connectivity index (χ4n) is 1.46. The SMILES string of the molecule is C=CCc1ccccc1OCC[NH2+]CCO. The van der Waals surface area contributed by atoms with Gasteiger partial charge in [-0.3, -0.25) is 0 Å². The van der Waals surface area contributed by atoms with Crippen LogP contribution in [-0.4, -0.2) is 31.4 Å². The number of benzene rings is 1. The molecule has 0 unspecified atom stereocenters. The maximum atomic E-state index is 8.61. The maximum Gasteiger partial charge on any atom is 0.137 e. The predicted molar refractivity (Wildman–Crippen MR) is 64.6 cm³/mol. The highest BCUT2D eigenvalue weighted by Crippen LogP contribution is 2.18. The molecule has 3 nitrogen and oxygen atoms in total. The molecule has 0 aliphatic heterocycles. The number of hydrogen-bond donors (Lipinski definition) is 2. The number of allylic oxidation sites excluding steroid dienone is 1. The smallest absolute Gasteiger partial charge is 0.137 e. The second kappa shape index (κ2) is 7.91. The lowest BCUT2D eigenvalue weighted by molar-refractivity contribution is -0.656. The molecule has 88 valence electrons. The van der Waals surface area contributed by atoms with Crippen molar-refractivity contribution in [3.8, 4) is 5.75 Å². The van der Waals surface area contributed by atoms with Crippen molar-refractivity contribution in [2.75, 3.05) is 26.3 Å². The van der Waals surface area contributed by atoms with Crippen molar-refractivity contribution in [1.29, 1.82) is 0 Å². The maximum absolute atomic E-state index is 8.61. The van der Waals surface area contributed by atoms with Crippen LogP contribution >= 0.6 is 0 Å². The molecule has 0 spiro atoms. The zero-order chi connectivity index (χ0) is 11.6. The Hall–Kier alpha value is -1.32. The number of rotatable bonds is 8. The Morgan fingerprint density at radius 1 is 1.31 bits per heavy atom. The van der Waals surface area contributed by atoms with Crippen LogP contribution in [0.1, 0.15) is 5.56 Å². The van der Waals surface area contributed by atoms with Crippen LogP contribution in [0.15, 0.2) is 36.9 Å². The summed E-state index contributed by atoms with van der Waals surface area (Å²) in [4.78, 5) is 0. The van der Waals surface area contributed by atoms with E-state index in [4.69, 9.17) is 9.84 Å². The first-order chi connectivity index (χ1) is 7.88. The summed E-state index contributed by atoms with van der Waals surface area (Å²) >= 11 is 0. The van der Waals surface area contributed by atoms with Gasteiger partial charge in [0.05, 0.1) is 13.2 Å². The fourth-order valence-corrected chi connectivity index (χ4v) is 1.46. The van der Waals surface area contributed by atoms with Crippen LogP contribution in [0.4, 0.5) is 0 Å². The number of aliphatic hydroxyl groups is 1. The normalized spacial score (nSPS) is 10.1. The van der Waals surface area contributed by atoms with Gasteiger partial charge in [0.2, 0.25) is 0 Å². The van der Waals surface area contributed by atoms with Crippen molar-refractivity contribution in [3.63, 3.8) is 0 Å². The molecule has 0 heterocycles. The van der Waals surface area contributed by atoms with E-state index in [-0.39, 0.29) is 6.61 Å². The van der Waals surface area contributed by atoms with E-state index in [0.29, 0.717) is 6.61 Å². The lowest BCUT2D eigenvalue weighted by Crippen LogP contribution is -2.86. The molecular weight excluding hydrogens is 202 g/mol. The summed E-state index contributed by atoms with van der Waals surface area (Å²) in [6.07, 6.45) is 2.70. The third kappa shape index (κ3) is 4.47. The molecule has 0 radical (unpaired) electrons. The molecule has 0 aliphatic rings. The Labute approximate surface area is 96.8 Å². The van der Waals surface area contributed by atoms with Crippen LogP contribution in [0, 0.1) is 0 Å². The van der Waals surface area contributed by atoms with E-state index in [1.165, 1.54) is 5.56 Å². The van der Waals surface area contributed by atoms with E-state index in [1.807, 2.05) is 29.6 Å². The molecule has 3 heteroatoms. The van der Waals surface area contributed by atoms with Crippen molar-refractivity contribution >= 4 is 0 Å². The van der Waals surface area contributed by atoms with Crippen molar-refractivity contribution in [2.24, 2.45) is 0 Å². The third-order valence-corrected chi connectivity index (χ3v) is 2.25. The first kappa shape index (κ1) is 12.7. The zero-order valence-electron chi connectivity index (χ0n) is 9.56. The minimum absolute atomic E-state index is 0.215. The van der Waals surface area contributed by atoms with Crippen molar-refractivity contribution in [3.05, 3.63) is 42.5 Å². The average molecular weight is 222 g/mol. The van der Waals surface area contributed by atoms with E-state index in [2.05, 4.69) is 12.6 Å². The van der Waals surface area contributed by atoms with Gasteiger partial charge in [0, 0.05) is 0 Å². The summed E-state index contributed by atoms with van der Waals surface area (Å²) in [5.74, 6) is 0.930. The highest BCUT2D eigenvalue weighted by molar-refractivity contribution is 5.34. The van der Waals surface area contributed by atoms with E-state index in [9.17, 15) is 0 Å². The number of aliphatic hydroxyl groups excluding tert-OH is 1.